The molecule has 17 heteroatoms. The normalized spacial score (nSPS) is 20.5. The Balaban J connectivity index is 2.60. The molecule has 0 radical (unpaired) electrons. The number of alkyl halides is 8. The van der Waals surface area contributed by atoms with Crippen LogP contribution in [0.1, 0.15) is 19.8 Å². The number of hydrogen-bond donors (Lipinski definition) is 1. The molecule has 8 nitrogen and oxygen atoms in total. The molecule has 0 heterocycles. The van der Waals surface area contributed by atoms with E-state index >= 15 is 4.39 Å². The molecule has 2 rings (SSSR count). The highest BCUT2D eigenvalue weighted by atomic mass is 35.5. The van der Waals surface area contributed by atoms with Crippen LogP contribution < -0.4 is 15.0 Å². The van der Waals surface area contributed by atoms with E-state index in [9.17, 15) is 40.3 Å². The molecule has 216 valence electrons. The number of rotatable bonds is 10. The Morgan fingerprint density at radius 1 is 1.21 bits per heavy atom. The molecular formula is C22H21ClF8N4O4. The van der Waals surface area contributed by atoms with Gasteiger partial charge in [-0.15, -0.1) is 26.3 Å². The average molecular weight is 593 g/mol. The molecule has 1 aliphatic carbocycles. The first kappa shape index (κ1) is 31.9. The zero-order chi connectivity index (χ0) is 29.8. The smallest absolute Gasteiger partial charge is 0.406 e. The summed E-state index contributed by atoms with van der Waals surface area (Å²) in [5, 5.41) is 2.37. The second kappa shape index (κ2) is 12.3. The van der Waals surface area contributed by atoms with Crippen molar-refractivity contribution in [3.63, 3.8) is 0 Å². The fourth-order valence-electron chi connectivity index (χ4n) is 3.72. The summed E-state index contributed by atoms with van der Waals surface area (Å²) in [4.78, 5) is 34.0. The van der Waals surface area contributed by atoms with Crippen molar-refractivity contribution >= 4 is 42.0 Å². The van der Waals surface area contributed by atoms with E-state index in [1.165, 1.54) is 7.05 Å². The second-order valence-corrected chi connectivity index (χ2v) is 8.57. The number of hydrogen-bond acceptors (Lipinski definition) is 6. The fraction of sp³-hybridized carbons (Fsp3) is 0.455. The summed E-state index contributed by atoms with van der Waals surface area (Å²) in [6, 6.07) is 0.525. The number of nitrogens with one attached hydrogen (secondary N) is 1. The lowest BCUT2D eigenvalue weighted by molar-refractivity contribution is -0.351. The monoisotopic (exact) mass is 592 g/mol. The molecule has 1 aromatic rings. The molecule has 2 atom stereocenters. The van der Waals surface area contributed by atoms with Gasteiger partial charge in [-0.3, -0.25) is 29.2 Å². The number of benzene rings is 1. The van der Waals surface area contributed by atoms with Crippen molar-refractivity contribution in [2.24, 2.45) is 9.98 Å². The summed E-state index contributed by atoms with van der Waals surface area (Å²) in [5.74, 6) is -5.48. The standard InChI is InChI=1S/C22H21ClF8N4O4/c1-20(11(9-32-2)10-33-3,19(37)34-12-6-14(7-12)39-22(29,30)31)35(18(36)17(23)25)16-5-4-13(8-15(16)24)38-21(26,27)28/h4-5,8-10,12,14,17H,2,6-7H2,1,3H3,(H,34,37)/b11-9+,33-10?/t12?,14?,17-,20-/m0/s1. The van der Waals surface area contributed by atoms with E-state index in [1.54, 1.807) is 0 Å². The third kappa shape index (κ3) is 8.11. The number of amides is 2. The van der Waals surface area contributed by atoms with Gasteiger partial charge in [-0.05, 0) is 38.6 Å². The highest BCUT2D eigenvalue weighted by Crippen LogP contribution is 2.37. The summed E-state index contributed by atoms with van der Waals surface area (Å²) in [7, 11) is 1.23. The summed E-state index contributed by atoms with van der Waals surface area (Å²) >= 11 is 5.34. The van der Waals surface area contributed by atoms with Crippen LogP contribution in [-0.2, 0) is 14.3 Å². The van der Waals surface area contributed by atoms with E-state index < -0.39 is 65.1 Å². The number of ether oxygens (including phenoxy) is 2. The van der Waals surface area contributed by atoms with Gasteiger partial charge < -0.3 is 10.1 Å². The third-order valence-corrected chi connectivity index (χ3v) is 5.67. The minimum absolute atomic E-state index is 0.230. The second-order valence-electron chi connectivity index (χ2n) is 8.19. The topological polar surface area (TPSA) is 92.6 Å². The first-order valence-electron chi connectivity index (χ1n) is 10.7. The van der Waals surface area contributed by atoms with Crippen molar-refractivity contribution in [1.29, 1.82) is 0 Å². The van der Waals surface area contributed by atoms with Gasteiger partial charge in [0.2, 0.25) is 0 Å². The Morgan fingerprint density at radius 3 is 2.28 bits per heavy atom. The van der Waals surface area contributed by atoms with Crippen LogP contribution in [0.5, 0.6) is 5.75 Å². The Bertz CT molecular complexity index is 1140. The Labute approximate surface area is 221 Å². The number of aliphatic imine (C=N–C) groups is 2. The number of nitrogens with zero attached hydrogens (tertiary/aromatic N) is 3. The maximum Gasteiger partial charge on any atom is 0.573 e. The van der Waals surface area contributed by atoms with E-state index in [1.807, 2.05) is 0 Å². The summed E-state index contributed by atoms with van der Waals surface area (Å²) < 4.78 is 112. The first-order valence-corrected chi connectivity index (χ1v) is 11.2. The molecule has 1 aromatic carbocycles. The number of carbonyl (C=O) groups excluding carboxylic acids is 2. The molecule has 0 spiro atoms. The van der Waals surface area contributed by atoms with Crippen LogP contribution in [-0.4, -0.2) is 67.8 Å². The molecule has 0 bridgehead atoms. The van der Waals surface area contributed by atoms with Crippen LogP contribution in [0.4, 0.5) is 40.8 Å². The zero-order valence-corrected chi connectivity index (χ0v) is 20.9. The third-order valence-electron chi connectivity index (χ3n) is 5.48. The van der Waals surface area contributed by atoms with Crippen LogP contribution in [0.15, 0.2) is 40.0 Å². The van der Waals surface area contributed by atoms with Crippen LogP contribution >= 0.6 is 11.6 Å². The van der Waals surface area contributed by atoms with E-state index in [2.05, 4.69) is 31.5 Å². The predicted octanol–water partition coefficient (Wildman–Crippen LogP) is 4.82. The van der Waals surface area contributed by atoms with Gasteiger partial charge in [-0.1, -0.05) is 11.6 Å². The lowest BCUT2D eigenvalue weighted by Gasteiger charge is -2.43. The van der Waals surface area contributed by atoms with E-state index in [4.69, 9.17) is 11.6 Å². The lowest BCUT2D eigenvalue weighted by Crippen LogP contribution is -2.64. The van der Waals surface area contributed by atoms with Crippen molar-refractivity contribution in [3.8, 4) is 5.75 Å². The van der Waals surface area contributed by atoms with E-state index in [0.717, 1.165) is 19.3 Å². The highest BCUT2D eigenvalue weighted by Gasteiger charge is 2.50. The molecular weight excluding hydrogens is 572 g/mol. The predicted molar refractivity (Wildman–Crippen MR) is 124 cm³/mol. The van der Waals surface area contributed by atoms with Crippen LogP contribution in [0, 0.1) is 5.82 Å². The van der Waals surface area contributed by atoms with Gasteiger partial charge >= 0.3 is 12.7 Å². The van der Waals surface area contributed by atoms with Gasteiger partial charge in [0, 0.05) is 37.1 Å². The Kier molecular flexibility index (Phi) is 10.1. The molecule has 0 saturated heterocycles. The van der Waals surface area contributed by atoms with E-state index in [-0.39, 0.29) is 29.4 Å². The van der Waals surface area contributed by atoms with Crippen LogP contribution in [0.3, 0.4) is 0 Å². The molecule has 1 aliphatic rings. The maximum absolute atomic E-state index is 15.1. The van der Waals surface area contributed by atoms with Gasteiger partial charge in [0.1, 0.15) is 5.75 Å². The van der Waals surface area contributed by atoms with Crippen molar-refractivity contribution < 1.29 is 54.2 Å². The molecule has 1 N–H and O–H groups in total. The average Bonchev–Trinajstić information content (AvgIpc) is 2.76. The van der Waals surface area contributed by atoms with Crippen molar-refractivity contribution in [3.05, 3.63) is 35.8 Å². The quantitative estimate of drug-likeness (QED) is 0.240. The molecule has 0 unspecified atom stereocenters. The van der Waals surface area contributed by atoms with Crippen LogP contribution in [0.25, 0.3) is 0 Å². The number of anilines is 1. The van der Waals surface area contributed by atoms with Crippen LogP contribution in [0.2, 0.25) is 0 Å². The largest absolute Gasteiger partial charge is 0.573 e. The van der Waals surface area contributed by atoms with Gasteiger partial charge in [0.15, 0.2) is 11.4 Å². The summed E-state index contributed by atoms with van der Waals surface area (Å²) in [6.45, 7) is 4.21. The minimum atomic E-state index is -5.20. The first-order chi connectivity index (χ1) is 17.9. The molecule has 1 fully saturated rings. The number of carbonyl (C=O) groups is 2. The molecule has 39 heavy (non-hydrogen) atoms. The van der Waals surface area contributed by atoms with E-state index in [0.29, 0.717) is 12.1 Å². The Morgan fingerprint density at radius 2 is 1.82 bits per heavy atom. The highest BCUT2D eigenvalue weighted by molar-refractivity contribution is 6.32. The molecule has 0 aromatic heterocycles. The van der Waals surface area contributed by atoms with Crippen molar-refractivity contribution in [2.75, 3.05) is 11.9 Å². The van der Waals surface area contributed by atoms with Gasteiger partial charge in [0.25, 0.3) is 17.4 Å². The van der Waals surface area contributed by atoms with Gasteiger partial charge in [0.05, 0.1) is 11.8 Å². The molecule has 0 aliphatic heterocycles. The lowest BCUT2D eigenvalue weighted by atomic mass is 9.85. The fourth-order valence-corrected chi connectivity index (χ4v) is 3.82. The Hall–Kier alpha value is -3.27. The summed E-state index contributed by atoms with van der Waals surface area (Å²) in [5.41, 5.74) is -6.56. The van der Waals surface area contributed by atoms with Gasteiger partial charge in [-0.25, -0.2) is 8.78 Å². The molecule has 2 amide bonds. The molecule has 1 saturated carbocycles. The van der Waals surface area contributed by atoms with Crippen molar-refractivity contribution in [1.82, 2.24) is 5.32 Å². The maximum atomic E-state index is 15.1. The number of halogens is 9. The SMILES string of the molecule is C=N/C=C(\C=NC)[C@@](C)(C(=O)NC1CC(OC(F)(F)F)C1)N(C(=O)[C@H](F)Cl)c1ccc(OC(F)(F)F)cc1F. The van der Waals surface area contributed by atoms with Gasteiger partial charge in [-0.2, -0.15) is 0 Å². The zero-order valence-electron chi connectivity index (χ0n) is 20.1. The summed E-state index contributed by atoms with van der Waals surface area (Å²) in [6.07, 6.45) is -10.1. The van der Waals surface area contributed by atoms with Crippen molar-refractivity contribution in [2.45, 2.75) is 55.8 Å². The minimum Gasteiger partial charge on any atom is -0.406 e.